The number of hydrogen-bond donors (Lipinski definition) is 1. The Balaban J connectivity index is 2.32. The number of amides is 1. The van der Waals surface area contributed by atoms with Crippen LogP contribution in [0.15, 0.2) is 0 Å². The van der Waals surface area contributed by atoms with Gasteiger partial charge in [0.05, 0.1) is 0 Å². The molecule has 0 atom stereocenters. The molecule has 4 heteroatoms. The molecule has 0 saturated heterocycles. The van der Waals surface area contributed by atoms with Gasteiger partial charge in [-0.1, -0.05) is 0 Å². The van der Waals surface area contributed by atoms with Gasteiger partial charge in [-0.15, -0.1) is 0 Å². The van der Waals surface area contributed by atoms with Crippen LogP contribution in [-0.4, -0.2) is 50.2 Å². The van der Waals surface area contributed by atoms with E-state index >= 15 is 0 Å². The number of likely N-dealkylation sites (N-methyl/N-ethyl adjacent to an activating group) is 1. The Kier molecular flexibility index (Phi) is 5.77. The van der Waals surface area contributed by atoms with Crippen molar-refractivity contribution in [3.63, 3.8) is 0 Å². The molecule has 4 nitrogen and oxygen atoms in total. The van der Waals surface area contributed by atoms with E-state index in [0.717, 1.165) is 25.7 Å². The van der Waals surface area contributed by atoms with Gasteiger partial charge in [0.25, 0.3) is 0 Å². The fraction of sp³-hybridized carbons (Fsp3) is 0.917. The lowest BCUT2D eigenvalue weighted by Crippen LogP contribution is -2.43. The van der Waals surface area contributed by atoms with E-state index in [-0.39, 0.29) is 12.5 Å². The molecular formula is C12H24N2O2. The molecule has 1 aliphatic rings. The molecule has 16 heavy (non-hydrogen) atoms. The highest BCUT2D eigenvalue weighted by molar-refractivity contribution is 5.77. The van der Waals surface area contributed by atoms with Crippen LogP contribution in [0.2, 0.25) is 0 Å². The average Bonchev–Trinajstić information content (AvgIpc) is 2.35. The van der Waals surface area contributed by atoms with Gasteiger partial charge in [0.15, 0.2) is 0 Å². The first kappa shape index (κ1) is 13.5. The SMILES string of the molecule is CCOCC(=O)N(C)C1CCC(NC)CC1. The molecule has 0 heterocycles. The first-order valence-corrected chi connectivity index (χ1v) is 6.19. The van der Waals surface area contributed by atoms with Crippen molar-refractivity contribution in [3.8, 4) is 0 Å². The van der Waals surface area contributed by atoms with Crippen LogP contribution in [0.25, 0.3) is 0 Å². The van der Waals surface area contributed by atoms with Crippen LogP contribution in [0, 0.1) is 0 Å². The molecule has 0 aromatic rings. The maximum Gasteiger partial charge on any atom is 0.248 e. The van der Waals surface area contributed by atoms with Gasteiger partial charge >= 0.3 is 0 Å². The highest BCUT2D eigenvalue weighted by atomic mass is 16.5. The predicted molar refractivity (Wildman–Crippen MR) is 64.4 cm³/mol. The second kappa shape index (κ2) is 6.86. The third kappa shape index (κ3) is 3.76. The third-order valence-corrected chi connectivity index (χ3v) is 3.48. The monoisotopic (exact) mass is 228 g/mol. The summed E-state index contributed by atoms with van der Waals surface area (Å²) in [6, 6.07) is 1.03. The van der Waals surface area contributed by atoms with E-state index in [0.29, 0.717) is 18.7 Å². The van der Waals surface area contributed by atoms with Crippen molar-refractivity contribution in [2.75, 3.05) is 27.3 Å². The van der Waals surface area contributed by atoms with E-state index in [9.17, 15) is 4.79 Å². The Morgan fingerprint density at radius 2 is 2.00 bits per heavy atom. The number of rotatable bonds is 5. The van der Waals surface area contributed by atoms with Gasteiger partial charge in [-0.05, 0) is 39.7 Å². The zero-order chi connectivity index (χ0) is 12.0. The molecule has 1 saturated carbocycles. The Hall–Kier alpha value is -0.610. The lowest BCUT2D eigenvalue weighted by Gasteiger charge is -2.34. The number of carbonyl (C=O) groups excluding carboxylic acids is 1. The second-order valence-electron chi connectivity index (χ2n) is 4.44. The van der Waals surface area contributed by atoms with Crippen LogP contribution in [-0.2, 0) is 9.53 Å². The van der Waals surface area contributed by atoms with E-state index in [1.54, 1.807) is 0 Å². The smallest absolute Gasteiger partial charge is 0.248 e. The summed E-state index contributed by atoms with van der Waals surface area (Å²) in [7, 11) is 3.90. The summed E-state index contributed by atoms with van der Waals surface area (Å²) in [5.41, 5.74) is 0. The van der Waals surface area contributed by atoms with Crippen molar-refractivity contribution in [2.45, 2.75) is 44.7 Å². The predicted octanol–water partition coefficient (Wildman–Crippen LogP) is 1.01. The maximum atomic E-state index is 11.7. The molecule has 0 aromatic carbocycles. The number of ether oxygens (including phenoxy) is 1. The summed E-state index contributed by atoms with van der Waals surface area (Å²) in [6.45, 7) is 2.73. The van der Waals surface area contributed by atoms with E-state index < -0.39 is 0 Å². The molecule has 1 amide bonds. The summed E-state index contributed by atoms with van der Waals surface area (Å²) in [5.74, 6) is 0.106. The van der Waals surface area contributed by atoms with Crippen molar-refractivity contribution in [3.05, 3.63) is 0 Å². The Morgan fingerprint density at radius 3 is 2.50 bits per heavy atom. The summed E-state index contributed by atoms with van der Waals surface area (Å²) < 4.78 is 5.15. The van der Waals surface area contributed by atoms with Crippen LogP contribution in [0.3, 0.4) is 0 Å². The van der Waals surface area contributed by atoms with Crippen molar-refractivity contribution < 1.29 is 9.53 Å². The molecule has 0 bridgehead atoms. The van der Waals surface area contributed by atoms with Crippen LogP contribution in [0.1, 0.15) is 32.6 Å². The summed E-state index contributed by atoms with van der Waals surface area (Å²) in [6.07, 6.45) is 4.51. The number of hydrogen-bond acceptors (Lipinski definition) is 3. The van der Waals surface area contributed by atoms with E-state index in [1.165, 1.54) is 0 Å². The maximum absolute atomic E-state index is 11.7. The molecule has 1 fully saturated rings. The molecule has 1 N–H and O–H groups in total. The van der Waals surface area contributed by atoms with Crippen LogP contribution in [0.4, 0.5) is 0 Å². The van der Waals surface area contributed by atoms with Gasteiger partial charge in [-0.3, -0.25) is 4.79 Å². The standard InChI is InChI=1S/C12H24N2O2/c1-4-16-9-12(15)14(3)11-7-5-10(13-2)6-8-11/h10-11,13H,4-9H2,1-3H3. The van der Waals surface area contributed by atoms with Crippen molar-refractivity contribution in [2.24, 2.45) is 0 Å². The zero-order valence-corrected chi connectivity index (χ0v) is 10.7. The molecule has 1 aliphatic carbocycles. The van der Waals surface area contributed by atoms with Gasteiger partial charge in [0.2, 0.25) is 5.91 Å². The Morgan fingerprint density at radius 1 is 1.38 bits per heavy atom. The van der Waals surface area contributed by atoms with Gasteiger partial charge in [0.1, 0.15) is 6.61 Å². The minimum Gasteiger partial charge on any atom is -0.372 e. The molecule has 1 rings (SSSR count). The highest BCUT2D eigenvalue weighted by Gasteiger charge is 2.25. The topological polar surface area (TPSA) is 41.6 Å². The minimum atomic E-state index is 0.106. The molecule has 94 valence electrons. The molecule has 0 spiro atoms. The number of nitrogens with one attached hydrogen (secondary N) is 1. The summed E-state index contributed by atoms with van der Waals surface area (Å²) in [5, 5.41) is 3.30. The van der Waals surface area contributed by atoms with Gasteiger partial charge < -0.3 is 15.0 Å². The second-order valence-corrected chi connectivity index (χ2v) is 4.44. The van der Waals surface area contributed by atoms with Crippen LogP contribution in [0.5, 0.6) is 0 Å². The fourth-order valence-corrected chi connectivity index (χ4v) is 2.25. The van der Waals surface area contributed by atoms with E-state index in [4.69, 9.17) is 4.74 Å². The first-order valence-electron chi connectivity index (χ1n) is 6.19. The van der Waals surface area contributed by atoms with E-state index in [1.807, 2.05) is 25.9 Å². The van der Waals surface area contributed by atoms with Crippen molar-refractivity contribution in [1.29, 1.82) is 0 Å². The fourth-order valence-electron chi connectivity index (χ4n) is 2.25. The summed E-state index contributed by atoms with van der Waals surface area (Å²) >= 11 is 0. The number of nitrogens with zero attached hydrogens (tertiary/aromatic N) is 1. The zero-order valence-electron chi connectivity index (χ0n) is 10.7. The van der Waals surface area contributed by atoms with E-state index in [2.05, 4.69) is 5.32 Å². The largest absolute Gasteiger partial charge is 0.372 e. The van der Waals surface area contributed by atoms with Gasteiger partial charge in [-0.2, -0.15) is 0 Å². The van der Waals surface area contributed by atoms with Crippen molar-refractivity contribution in [1.82, 2.24) is 10.2 Å². The summed E-state index contributed by atoms with van der Waals surface area (Å²) in [4.78, 5) is 13.6. The van der Waals surface area contributed by atoms with Gasteiger partial charge in [0, 0.05) is 25.7 Å². The van der Waals surface area contributed by atoms with Crippen molar-refractivity contribution >= 4 is 5.91 Å². The number of carbonyl (C=O) groups is 1. The van der Waals surface area contributed by atoms with Crippen LogP contribution >= 0.6 is 0 Å². The Labute approximate surface area is 98.3 Å². The first-order chi connectivity index (χ1) is 7.69. The average molecular weight is 228 g/mol. The third-order valence-electron chi connectivity index (χ3n) is 3.48. The van der Waals surface area contributed by atoms with Crippen LogP contribution < -0.4 is 5.32 Å². The molecule has 0 radical (unpaired) electrons. The highest BCUT2D eigenvalue weighted by Crippen LogP contribution is 2.22. The molecule has 0 unspecified atom stereocenters. The Bertz CT molecular complexity index is 213. The normalized spacial score (nSPS) is 25.4. The van der Waals surface area contributed by atoms with Gasteiger partial charge in [-0.25, -0.2) is 0 Å². The quantitative estimate of drug-likeness (QED) is 0.763. The lowest BCUT2D eigenvalue weighted by atomic mass is 9.90. The molecule has 0 aliphatic heterocycles. The minimum absolute atomic E-state index is 0.106. The molecular weight excluding hydrogens is 204 g/mol. The lowest BCUT2D eigenvalue weighted by molar-refractivity contribution is -0.137. The molecule has 0 aromatic heterocycles.